The summed E-state index contributed by atoms with van der Waals surface area (Å²) in [6, 6.07) is 9.80. The molecule has 0 spiro atoms. The highest BCUT2D eigenvalue weighted by Gasteiger charge is 2.19. The maximum atomic E-state index is 5.65. The molecule has 3 heterocycles. The maximum absolute atomic E-state index is 5.65. The Balaban J connectivity index is 1.45. The van der Waals surface area contributed by atoms with Gasteiger partial charge in [0.25, 0.3) is 0 Å². The number of nitrogens with zero attached hydrogens (tertiary/aromatic N) is 8. The highest BCUT2D eigenvalue weighted by atomic mass is 32.2. The zero-order valence-corrected chi connectivity index (χ0v) is 13.7. The van der Waals surface area contributed by atoms with Crippen LogP contribution >= 0.6 is 11.8 Å². The average Bonchev–Trinajstić information content (AvgIpc) is 3.36. The van der Waals surface area contributed by atoms with Crippen molar-refractivity contribution in [2.24, 2.45) is 0 Å². The van der Waals surface area contributed by atoms with E-state index in [-0.39, 0.29) is 6.10 Å². The van der Waals surface area contributed by atoms with Gasteiger partial charge in [-0.05, 0) is 45.8 Å². The first-order valence-corrected chi connectivity index (χ1v) is 8.72. The lowest BCUT2D eigenvalue weighted by molar-refractivity contribution is 0.0912. The van der Waals surface area contributed by atoms with Gasteiger partial charge in [-0.25, -0.2) is 4.68 Å². The van der Waals surface area contributed by atoms with Crippen LogP contribution in [0, 0.1) is 0 Å². The van der Waals surface area contributed by atoms with Crippen LogP contribution in [0.3, 0.4) is 0 Å². The van der Waals surface area contributed by atoms with Crippen LogP contribution in [0.2, 0.25) is 0 Å². The Morgan fingerprint density at radius 3 is 2.83 bits per heavy atom. The minimum atomic E-state index is 0.197. The van der Waals surface area contributed by atoms with E-state index in [0.717, 1.165) is 36.1 Å². The van der Waals surface area contributed by atoms with E-state index in [2.05, 4.69) is 31.1 Å². The zero-order valence-electron chi connectivity index (χ0n) is 12.9. The summed E-state index contributed by atoms with van der Waals surface area (Å²) >= 11 is 1.51. The molecule has 0 aliphatic carbocycles. The first-order chi connectivity index (χ1) is 11.9. The van der Waals surface area contributed by atoms with Gasteiger partial charge in [0, 0.05) is 6.61 Å². The molecule has 0 radical (unpaired) electrons. The van der Waals surface area contributed by atoms with Gasteiger partial charge in [-0.3, -0.25) is 0 Å². The molecule has 1 atom stereocenters. The highest BCUT2D eigenvalue weighted by molar-refractivity contribution is 7.98. The molecular formula is C14H16N8OS. The fourth-order valence-corrected chi connectivity index (χ4v) is 3.38. The lowest BCUT2D eigenvalue weighted by atomic mass is 10.2. The van der Waals surface area contributed by atoms with Crippen LogP contribution in [0.15, 0.2) is 35.5 Å². The second-order valence-corrected chi connectivity index (χ2v) is 6.35. The van der Waals surface area contributed by atoms with Crippen molar-refractivity contribution in [3.8, 4) is 5.69 Å². The van der Waals surface area contributed by atoms with Crippen molar-refractivity contribution >= 4 is 11.8 Å². The molecule has 2 aromatic heterocycles. The van der Waals surface area contributed by atoms with Crippen LogP contribution in [0.5, 0.6) is 0 Å². The van der Waals surface area contributed by atoms with Crippen molar-refractivity contribution in [1.82, 2.24) is 40.4 Å². The number of hydrogen-bond acceptors (Lipinski definition) is 8. The third-order valence-corrected chi connectivity index (χ3v) is 4.72. The van der Waals surface area contributed by atoms with Gasteiger partial charge in [-0.15, -0.1) is 10.2 Å². The van der Waals surface area contributed by atoms with Crippen molar-refractivity contribution in [3.63, 3.8) is 0 Å². The third kappa shape index (κ3) is 3.29. The van der Waals surface area contributed by atoms with Gasteiger partial charge in [-0.1, -0.05) is 30.0 Å². The standard InChI is InChI=1S/C14H16N8OS/c1-2-5-11(6-3-1)22-13(15-17-20-22)10-24-14-16-18-19-21(14)9-12-7-4-8-23-12/h1-3,5-6,12H,4,7-10H2/t12-/m1/s1. The zero-order chi connectivity index (χ0) is 16.2. The summed E-state index contributed by atoms with van der Waals surface area (Å²) in [4.78, 5) is 0. The largest absolute Gasteiger partial charge is 0.376 e. The minimum absolute atomic E-state index is 0.197. The summed E-state index contributed by atoms with van der Waals surface area (Å²) in [5.74, 6) is 1.33. The van der Waals surface area contributed by atoms with Crippen LogP contribution in [0.4, 0.5) is 0 Å². The lowest BCUT2D eigenvalue weighted by Gasteiger charge is -2.09. The van der Waals surface area contributed by atoms with Gasteiger partial charge in [0.1, 0.15) is 0 Å². The van der Waals surface area contributed by atoms with Gasteiger partial charge in [0.15, 0.2) is 5.82 Å². The second-order valence-electron chi connectivity index (χ2n) is 5.41. The molecule has 1 saturated heterocycles. The van der Waals surface area contributed by atoms with Crippen LogP contribution < -0.4 is 0 Å². The molecule has 0 bridgehead atoms. The molecule has 4 rings (SSSR count). The molecule has 24 heavy (non-hydrogen) atoms. The number of tetrazole rings is 2. The summed E-state index contributed by atoms with van der Waals surface area (Å²) in [6.07, 6.45) is 2.35. The smallest absolute Gasteiger partial charge is 0.209 e. The molecular weight excluding hydrogens is 328 g/mol. The minimum Gasteiger partial charge on any atom is -0.376 e. The van der Waals surface area contributed by atoms with Gasteiger partial charge >= 0.3 is 0 Å². The molecule has 10 heteroatoms. The molecule has 1 aliphatic rings. The second kappa shape index (κ2) is 7.05. The van der Waals surface area contributed by atoms with Gasteiger partial charge in [0.2, 0.25) is 5.16 Å². The molecule has 1 aliphatic heterocycles. The van der Waals surface area contributed by atoms with Crippen LogP contribution in [-0.4, -0.2) is 53.1 Å². The van der Waals surface area contributed by atoms with Gasteiger partial charge in [-0.2, -0.15) is 4.68 Å². The lowest BCUT2D eigenvalue weighted by Crippen LogP contribution is -2.17. The average molecular weight is 344 g/mol. The number of thioether (sulfide) groups is 1. The SMILES string of the molecule is c1ccc(-n2nnnc2CSc2nnnn2C[C@H]2CCCO2)cc1. The Bertz CT molecular complexity index is 783. The van der Waals surface area contributed by atoms with Crippen LogP contribution in [0.1, 0.15) is 18.7 Å². The predicted molar refractivity (Wildman–Crippen MR) is 85.5 cm³/mol. The summed E-state index contributed by atoms with van der Waals surface area (Å²) in [5, 5.41) is 24.6. The number of benzene rings is 1. The molecule has 124 valence electrons. The normalized spacial score (nSPS) is 17.4. The van der Waals surface area contributed by atoms with Crippen LogP contribution in [-0.2, 0) is 17.0 Å². The molecule has 3 aromatic rings. The Morgan fingerprint density at radius 1 is 1.12 bits per heavy atom. The van der Waals surface area contributed by atoms with E-state index < -0.39 is 0 Å². The van der Waals surface area contributed by atoms with E-state index >= 15 is 0 Å². The number of aromatic nitrogens is 8. The van der Waals surface area contributed by atoms with Crippen molar-refractivity contribution in [2.45, 2.75) is 36.4 Å². The van der Waals surface area contributed by atoms with Crippen molar-refractivity contribution < 1.29 is 4.74 Å². The number of ether oxygens (including phenoxy) is 1. The quantitative estimate of drug-likeness (QED) is 0.614. The van der Waals surface area contributed by atoms with E-state index in [1.807, 2.05) is 30.3 Å². The highest BCUT2D eigenvalue weighted by Crippen LogP contribution is 2.21. The van der Waals surface area contributed by atoms with Gasteiger partial charge in [0.05, 0.1) is 24.1 Å². The molecule has 0 N–H and O–H groups in total. The fourth-order valence-electron chi connectivity index (χ4n) is 2.59. The Kier molecular flexibility index (Phi) is 4.47. The van der Waals surface area contributed by atoms with Crippen molar-refractivity contribution in [2.75, 3.05) is 6.61 Å². The van der Waals surface area contributed by atoms with E-state index in [9.17, 15) is 0 Å². The first-order valence-electron chi connectivity index (χ1n) is 7.73. The van der Waals surface area contributed by atoms with Gasteiger partial charge < -0.3 is 4.74 Å². The van der Waals surface area contributed by atoms with E-state index in [4.69, 9.17) is 4.74 Å². The Morgan fingerprint density at radius 2 is 2.00 bits per heavy atom. The van der Waals surface area contributed by atoms with Crippen molar-refractivity contribution in [3.05, 3.63) is 36.2 Å². The Labute approximate surface area is 142 Å². The number of hydrogen-bond donors (Lipinski definition) is 0. The molecule has 0 unspecified atom stereocenters. The summed E-state index contributed by atoms with van der Waals surface area (Å²) in [7, 11) is 0. The first kappa shape index (κ1) is 15.2. The molecule has 1 fully saturated rings. The number of rotatable bonds is 6. The maximum Gasteiger partial charge on any atom is 0.209 e. The van der Waals surface area contributed by atoms with Crippen LogP contribution in [0.25, 0.3) is 5.69 Å². The monoisotopic (exact) mass is 344 g/mol. The predicted octanol–water partition coefficient (Wildman–Crippen LogP) is 1.12. The molecule has 9 nitrogen and oxygen atoms in total. The molecule has 1 aromatic carbocycles. The number of para-hydroxylation sites is 1. The van der Waals surface area contributed by atoms with E-state index in [1.165, 1.54) is 11.8 Å². The van der Waals surface area contributed by atoms with E-state index in [1.54, 1.807) is 9.36 Å². The summed E-state index contributed by atoms with van der Waals surface area (Å²) < 4.78 is 9.16. The Hall–Kier alpha value is -2.33. The molecule has 0 amide bonds. The van der Waals surface area contributed by atoms with E-state index in [0.29, 0.717) is 12.3 Å². The third-order valence-electron chi connectivity index (χ3n) is 3.76. The summed E-state index contributed by atoms with van der Waals surface area (Å²) in [6.45, 7) is 1.50. The topological polar surface area (TPSA) is 96.4 Å². The fraction of sp³-hybridized carbons (Fsp3) is 0.429. The van der Waals surface area contributed by atoms with Crippen molar-refractivity contribution in [1.29, 1.82) is 0 Å². The summed E-state index contributed by atoms with van der Waals surface area (Å²) in [5.41, 5.74) is 0.928. The molecule has 0 saturated carbocycles.